The number of hydrogen-bond donors (Lipinski definition) is 2. The summed E-state index contributed by atoms with van der Waals surface area (Å²) in [5.41, 5.74) is 1.45. The van der Waals surface area contributed by atoms with E-state index in [-0.39, 0.29) is 42.5 Å². The molecule has 0 aliphatic carbocycles. The van der Waals surface area contributed by atoms with Crippen LogP contribution in [0.1, 0.15) is 30.0 Å². The van der Waals surface area contributed by atoms with Crippen LogP contribution in [-0.2, 0) is 6.54 Å². The molecule has 0 amide bonds. The van der Waals surface area contributed by atoms with Crippen molar-refractivity contribution >= 4 is 12.4 Å². The van der Waals surface area contributed by atoms with Gasteiger partial charge in [0.1, 0.15) is 11.5 Å². The maximum absolute atomic E-state index is 12.7. The predicted octanol–water partition coefficient (Wildman–Crippen LogP) is 4.89. The maximum atomic E-state index is 12.7. The number of benzene rings is 2. The van der Waals surface area contributed by atoms with E-state index in [2.05, 4.69) is 20.1 Å². The molecule has 2 aromatic carbocycles. The van der Waals surface area contributed by atoms with Crippen LogP contribution < -0.4 is 20.1 Å². The lowest BCUT2D eigenvalue weighted by Gasteiger charge is -2.34. The standard InChI is InChI=1S/C20H22F4N2O2.ClH/c21-19(22)27-15-8-9-17(28-20(23)24)14(11-15)12-26-16-7-4-10-25-18(16)13-5-2-1-3-6-13;/h1-3,5-6,8-9,11,16,18-20,25-26H,4,7,10,12H2;1H/t16-,18-;/m0./s1. The average molecular weight is 435 g/mol. The fourth-order valence-corrected chi connectivity index (χ4v) is 3.44. The van der Waals surface area contributed by atoms with Crippen LogP contribution in [0.2, 0.25) is 0 Å². The zero-order valence-electron chi connectivity index (χ0n) is 15.5. The lowest BCUT2D eigenvalue weighted by molar-refractivity contribution is -0.0535. The molecule has 1 aliphatic heterocycles. The molecule has 1 fully saturated rings. The van der Waals surface area contributed by atoms with Crippen molar-refractivity contribution in [1.82, 2.24) is 10.6 Å². The predicted molar refractivity (Wildman–Crippen MR) is 104 cm³/mol. The molecular weight excluding hydrogens is 412 g/mol. The van der Waals surface area contributed by atoms with Crippen LogP contribution in [0.25, 0.3) is 0 Å². The summed E-state index contributed by atoms with van der Waals surface area (Å²) in [4.78, 5) is 0. The third-order valence-electron chi connectivity index (χ3n) is 4.65. The van der Waals surface area contributed by atoms with E-state index in [9.17, 15) is 17.6 Å². The number of alkyl halides is 4. The summed E-state index contributed by atoms with van der Waals surface area (Å²) in [6.45, 7) is -4.94. The van der Waals surface area contributed by atoms with Gasteiger partial charge >= 0.3 is 13.2 Å². The summed E-state index contributed by atoms with van der Waals surface area (Å²) in [6.07, 6.45) is 1.86. The second-order valence-corrected chi connectivity index (χ2v) is 6.50. The van der Waals surface area contributed by atoms with Crippen molar-refractivity contribution in [3.63, 3.8) is 0 Å². The lowest BCUT2D eigenvalue weighted by Crippen LogP contribution is -2.45. The fourth-order valence-electron chi connectivity index (χ4n) is 3.44. The van der Waals surface area contributed by atoms with Crippen molar-refractivity contribution in [2.75, 3.05) is 6.54 Å². The fraction of sp³-hybridized carbons (Fsp3) is 0.400. The van der Waals surface area contributed by atoms with Gasteiger partial charge in [0.15, 0.2) is 0 Å². The number of ether oxygens (including phenoxy) is 2. The third-order valence-corrected chi connectivity index (χ3v) is 4.65. The Morgan fingerprint density at radius 1 is 1.00 bits per heavy atom. The van der Waals surface area contributed by atoms with Crippen LogP contribution in [0, 0.1) is 0 Å². The average Bonchev–Trinajstić information content (AvgIpc) is 2.68. The van der Waals surface area contributed by atoms with Gasteiger partial charge in [-0.05, 0) is 43.1 Å². The molecule has 0 bridgehead atoms. The summed E-state index contributed by atoms with van der Waals surface area (Å²) in [6, 6.07) is 13.7. The molecule has 4 nitrogen and oxygen atoms in total. The van der Waals surface area contributed by atoms with Crippen molar-refractivity contribution < 1.29 is 27.0 Å². The third kappa shape index (κ3) is 6.76. The van der Waals surface area contributed by atoms with Gasteiger partial charge in [0.25, 0.3) is 0 Å². The number of hydrogen-bond acceptors (Lipinski definition) is 4. The highest BCUT2D eigenvalue weighted by Crippen LogP contribution is 2.28. The summed E-state index contributed by atoms with van der Waals surface area (Å²) in [5, 5.41) is 6.82. The van der Waals surface area contributed by atoms with E-state index in [1.54, 1.807) is 0 Å². The van der Waals surface area contributed by atoms with E-state index in [0.717, 1.165) is 24.9 Å². The Balaban J connectivity index is 0.00000300. The molecule has 160 valence electrons. The molecule has 29 heavy (non-hydrogen) atoms. The Hall–Kier alpha value is -2.03. The molecule has 0 radical (unpaired) electrons. The van der Waals surface area contributed by atoms with Gasteiger partial charge in [0.05, 0.1) is 0 Å². The molecule has 2 N–H and O–H groups in total. The topological polar surface area (TPSA) is 42.5 Å². The van der Waals surface area contributed by atoms with Crippen LogP contribution in [0.5, 0.6) is 11.5 Å². The van der Waals surface area contributed by atoms with Gasteiger partial charge in [-0.2, -0.15) is 17.6 Å². The smallest absolute Gasteiger partial charge is 0.387 e. The Kier molecular flexibility index (Phi) is 9.00. The molecular formula is C20H23ClF4N2O2. The monoisotopic (exact) mass is 434 g/mol. The van der Waals surface area contributed by atoms with Crippen LogP contribution in [0.3, 0.4) is 0 Å². The number of rotatable bonds is 8. The summed E-state index contributed by atoms with van der Waals surface area (Å²) < 4.78 is 59.2. The Bertz CT molecular complexity index is 753. The van der Waals surface area contributed by atoms with E-state index in [4.69, 9.17) is 0 Å². The van der Waals surface area contributed by atoms with Gasteiger partial charge in [-0.15, -0.1) is 12.4 Å². The molecule has 0 spiro atoms. The molecule has 1 heterocycles. The summed E-state index contributed by atoms with van der Waals surface area (Å²) in [7, 11) is 0. The minimum absolute atomic E-state index is 0. The zero-order chi connectivity index (χ0) is 19.9. The molecule has 9 heteroatoms. The summed E-state index contributed by atoms with van der Waals surface area (Å²) >= 11 is 0. The second kappa shape index (κ2) is 11.2. The highest BCUT2D eigenvalue weighted by atomic mass is 35.5. The molecule has 2 atom stereocenters. The SMILES string of the molecule is Cl.FC(F)Oc1ccc(OC(F)F)c(CN[C@H]2CCCN[C@H]2c2ccccc2)c1. The van der Waals surface area contributed by atoms with E-state index in [1.165, 1.54) is 18.2 Å². The van der Waals surface area contributed by atoms with E-state index in [0.29, 0.717) is 5.56 Å². The van der Waals surface area contributed by atoms with Gasteiger partial charge in [-0.25, -0.2) is 0 Å². The first-order valence-corrected chi connectivity index (χ1v) is 9.07. The normalized spacial score (nSPS) is 19.1. The molecule has 0 unspecified atom stereocenters. The Morgan fingerprint density at radius 3 is 2.41 bits per heavy atom. The lowest BCUT2D eigenvalue weighted by atomic mass is 9.92. The van der Waals surface area contributed by atoms with Crippen molar-refractivity contribution in [3.8, 4) is 11.5 Å². The highest BCUT2D eigenvalue weighted by Gasteiger charge is 2.26. The highest BCUT2D eigenvalue weighted by molar-refractivity contribution is 5.85. The molecule has 1 aliphatic rings. The van der Waals surface area contributed by atoms with Crippen LogP contribution in [0.15, 0.2) is 48.5 Å². The van der Waals surface area contributed by atoms with Crippen LogP contribution >= 0.6 is 12.4 Å². The minimum atomic E-state index is -3.01. The Labute approximate surface area is 173 Å². The van der Waals surface area contributed by atoms with Crippen molar-refractivity contribution in [1.29, 1.82) is 0 Å². The van der Waals surface area contributed by atoms with Crippen LogP contribution in [-0.4, -0.2) is 25.8 Å². The first-order chi connectivity index (χ1) is 13.5. The maximum Gasteiger partial charge on any atom is 0.387 e. The van der Waals surface area contributed by atoms with Gasteiger partial charge in [0, 0.05) is 24.2 Å². The van der Waals surface area contributed by atoms with Gasteiger partial charge in [-0.1, -0.05) is 30.3 Å². The molecule has 0 aromatic heterocycles. The Morgan fingerprint density at radius 2 is 1.72 bits per heavy atom. The van der Waals surface area contributed by atoms with Crippen molar-refractivity contribution in [3.05, 3.63) is 59.7 Å². The zero-order valence-corrected chi connectivity index (χ0v) is 16.3. The van der Waals surface area contributed by atoms with E-state index >= 15 is 0 Å². The first-order valence-electron chi connectivity index (χ1n) is 9.07. The molecule has 0 saturated carbocycles. The van der Waals surface area contributed by atoms with Crippen molar-refractivity contribution in [2.45, 2.75) is 44.7 Å². The minimum Gasteiger partial charge on any atom is -0.435 e. The molecule has 1 saturated heterocycles. The van der Waals surface area contributed by atoms with Crippen molar-refractivity contribution in [2.24, 2.45) is 0 Å². The molecule has 2 aromatic rings. The largest absolute Gasteiger partial charge is 0.435 e. The van der Waals surface area contributed by atoms with E-state index in [1.807, 2.05) is 30.3 Å². The van der Waals surface area contributed by atoms with Crippen LogP contribution in [0.4, 0.5) is 17.6 Å². The summed E-state index contributed by atoms with van der Waals surface area (Å²) in [5.74, 6) is -0.168. The number of nitrogens with one attached hydrogen (secondary N) is 2. The number of halogens is 5. The first kappa shape index (κ1) is 23.3. The quantitative estimate of drug-likeness (QED) is 0.580. The van der Waals surface area contributed by atoms with Gasteiger partial charge < -0.3 is 20.1 Å². The van der Waals surface area contributed by atoms with E-state index < -0.39 is 13.2 Å². The second-order valence-electron chi connectivity index (χ2n) is 6.50. The molecule has 3 rings (SSSR count). The van der Waals surface area contributed by atoms with Gasteiger partial charge in [-0.3, -0.25) is 0 Å². The number of piperidine rings is 1. The van der Waals surface area contributed by atoms with Gasteiger partial charge in [0.2, 0.25) is 0 Å².